The lowest BCUT2D eigenvalue weighted by Crippen LogP contribution is -2.17. The number of nitrogens with zero attached hydrogens (tertiary/aromatic N) is 1. The predicted molar refractivity (Wildman–Crippen MR) is 86.6 cm³/mol. The number of nitrogens with one attached hydrogen (secondary N) is 1. The van der Waals surface area contributed by atoms with E-state index in [0.29, 0.717) is 11.3 Å². The average Bonchev–Trinajstić information content (AvgIpc) is 2.42. The average molecular weight is 281 g/mol. The van der Waals surface area contributed by atoms with Gasteiger partial charge in [-0.2, -0.15) is 5.10 Å². The van der Waals surface area contributed by atoms with Crippen LogP contribution in [0.1, 0.15) is 32.6 Å². The largest absolute Gasteiger partial charge is 0.399 e. The molecule has 4 heteroatoms. The van der Waals surface area contributed by atoms with Gasteiger partial charge in [0.1, 0.15) is 0 Å². The predicted octanol–water partition coefficient (Wildman–Crippen LogP) is 2.96. The molecule has 21 heavy (non-hydrogen) atoms. The summed E-state index contributed by atoms with van der Waals surface area (Å²) in [7, 11) is 0. The van der Waals surface area contributed by atoms with Crippen LogP contribution < -0.4 is 11.2 Å². The molecule has 0 atom stereocenters. The molecule has 4 nitrogen and oxygen atoms in total. The highest BCUT2D eigenvalue weighted by Gasteiger charge is 2.04. The van der Waals surface area contributed by atoms with Gasteiger partial charge in [0, 0.05) is 16.8 Å². The van der Waals surface area contributed by atoms with E-state index in [4.69, 9.17) is 5.73 Å². The van der Waals surface area contributed by atoms with Gasteiger partial charge in [0.05, 0.1) is 6.21 Å². The molecular weight excluding hydrogens is 262 g/mol. The van der Waals surface area contributed by atoms with Gasteiger partial charge < -0.3 is 5.73 Å². The van der Waals surface area contributed by atoms with Crippen molar-refractivity contribution in [2.45, 2.75) is 20.8 Å². The van der Waals surface area contributed by atoms with Crippen molar-refractivity contribution < 1.29 is 4.79 Å². The zero-order valence-corrected chi connectivity index (χ0v) is 12.5. The third-order valence-electron chi connectivity index (χ3n) is 3.27. The maximum Gasteiger partial charge on any atom is 0.271 e. The normalized spacial score (nSPS) is 10.8. The highest BCUT2D eigenvalue weighted by molar-refractivity contribution is 5.95. The first kappa shape index (κ1) is 14.8. The fraction of sp³-hybridized carbons (Fsp3) is 0.176. The van der Waals surface area contributed by atoms with Crippen molar-refractivity contribution in [3.05, 3.63) is 64.2 Å². The van der Waals surface area contributed by atoms with Crippen molar-refractivity contribution >= 4 is 17.8 Å². The minimum atomic E-state index is -0.256. The van der Waals surface area contributed by atoms with E-state index in [9.17, 15) is 4.79 Å². The molecular formula is C17H19N3O. The molecule has 0 aliphatic carbocycles. The monoisotopic (exact) mass is 281 g/mol. The summed E-state index contributed by atoms with van der Waals surface area (Å²) in [5, 5.41) is 4.04. The molecule has 0 aliphatic heterocycles. The van der Waals surface area contributed by atoms with E-state index >= 15 is 0 Å². The maximum atomic E-state index is 11.9. The molecule has 108 valence electrons. The van der Waals surface area contributed by atoms with E-state index in [1.54, 1.807) is 30.5 Å². The number of aryl methyl sites for hydroxylation is 3. The highest BCUT2D eigenvalue weighted by Crippen LogP contribution is 2.14. The molecule has 0 radical (unpaired) electrons. The van der Waals surface area contributed by atoms with Crippen LogP contribution in [0.4, 0.5) is 5.69 Å². The van der Waals surface area contributed by atoms with Crippen molar-refractivity contribution in [2.24, 2.45) is 5.10 Å². The number of carbonyl (C=O) groups is 1. The van der Waals surface area contributed by atoms with Crippen molar-refractivity contribution in [1.29, 1.82) is 0 Å². The van der Waals surface area contributed by atoms with Crippen molar-refractivity contribution in [2.75, 3.05) is 5.73 Å². The van der Waals surface area contributed by atoms with Crippen LogP contribution in [0.15, 0.2) is 41.5 Å². The molecule has 0 aliphatic rings. The molecule has 0 saturated heterocycles. The van der Waals surface area contributed by atoms with Gasteiger partial charge >= 0.3 is 0 Å². The molecule has 1 amide bonds. The fourth-order valence-electron chi connectivity index (χ4n) is 2.25. The number of nitrogen functional groups attached to an aromatic ring is 1. The van der Waals surface area contributed by atoms with Crippen LogP contribution in [0.3, 0.4) is 0 Å². The Bertz CT molecular complexity index is 665. The smallest absolute Gasteiger partial charge is 0.271 e. The molecule has 0 heterocycles. The number of hydrazone groups is 1. The molecule has 3 N–H and O–H groups in total. The molecule has 0 bridgehead atoms. The van der Waals surface area contributed by atoms with Crippen molar-refractivity contribution in [3.8, 4) is 0 Å². The molecule has 2 aromatic rings. The van der Waals surface area contributed by atoms with Gasteiger partial charge in [-0.05, 0) is 56.2 Å². The number of carbonyl (C=O) groups excluding carboxylic acids is 1. The Hall–Kier alpha value is -2.62. The molecule has 0 spiro atoms. The number of nitrogens with two attached hydrogens (primary N) is 1. The number of hydrogen-bond donors (Lipinski definition) is 2. The van der Waals surface area contributed by atoms with E-state index in [1.165, 1.54) is 5.56 Å². The van der Waals surface area contributed by atoms with Gasteiger partial charge in [-0.25, -0.2) is 5.43 Å². The third kappa shape index (κ3) is 3.69. The standard InChI is InChI=1S/C17H19N3O/c1-11-8-12(2)16(13(3)9-11)10-19-20-17(21)14-4-6-15(18)7-5-14/h4-10H,18H2,1-3H3,(H,20,21). The lowest BCUT2D eigenvalue weighted by Gasteiger charge is -2.06. The van der Waals surface area contributed by atoms with Gasteiger partial charge in [-0.3, -0.25) is 4.79 Å². The Morgan fingerprint density at radius 3 is 2.24 bits per heavy atom. The van der Waals surface area contributed by atoms with E-state index in [-0.39, 0.29) is 5.91 Å². The summed E-state index contributed by atoms with van der Waals surface area (Å²) in [5.41, 5.74) is 13.8. The Morgan fingerprint density at radius 2 is 1.67 bits per heavy atom. The second-order valence-corrected chi connectivity index (χ2v) is 5.13. The highest BCUT2D eigenvalue weighted by atomic mass is 16.2. The minimum Gasteiger partial charge on any atom is -0.399 e. The summed E-state index contributed by atoms with van der Waals surface area (Å²) >= 11 is 0. The minimum absolute atomic E-state index is 0.256. The summed E-state index contributed by atoms with van der Waals surface area (Å²) in [6.07, 6.45) is 1.68. The first-order valence-corrected chi connectivity index (χ1v) is 6.74. The third-order valence-corrected chi connectivity index (χ3v) is 3.27. The van der Waals surface area contributed by atoms with Gasteiger partial charge in [0.25, 0.3) is 5.91 Å². The number of amides is 1. The molecule has 2 aromatic carbocycles. The molecule has 2 rings (SSSR count). The number of rotatable bonds is 3. The van der Waals surface area contributed by atoms with Crippen LogP contribution in [0, 0.1) is 20.8 Å². The van der Waals surface area contributed by atoms with Crippen molar-refractivity contribution in [1.82, 2.24) is 5.43 Å². The molecule has 0 saturated carbocycles. The lowest BCUT2D eigenvalue weighted by atomic mass is 10.0. The van der Waals surface area contributed by atoms with Crippen LogP contribution in [0.5, 0.6) is 0 Å². The second-order valence-electron chi connectivity index (χ2n) is 5.13. The van der Waals surface area contributed by atoms with Gasteiger partial charge in [-0.15, -0.1) is 0 Å². The first-order chi connectivity index (χ1) is 9.97. The number of hydrogen-bond acceptors (Lipinski definition) is 3. The second kappa shape index (κ2) is 6.22. The quantitative estimate of drug-likeness (QED) is 0.516. The zero-order chi connectivity index (χ0) is 15.4. The van der Waals surface area contributed by atoms with Crippen LogP contribution in [-0.4, -0.2) is 12.1 Å². The van der Waals surface area contributed by atoms with Crippen LogP contribution >= 0.6 is 0 Å². The van der Waals surface area contributed by atoms with E-state index in [0.717, 1.165) is 16.7 Å². The van der Waals surface area contributed by atoms with E-state index < -0.39 is 0 Å². The van der Waals surface area contributed by atoms with E-state index in [1.807, 2.05) is 13.8 Å². The molecule has 0 aromatic heterocycles. The fourth-order valence-corrected chi connectivity index (χ4v) is 2.25. The molecule has 0 unspecified atom stereocenters. The Kier molecular flexibility index (Phi) is 4.38. The summed E-state index contributed by atoms with van der Waals surface area (Å²) in [5.74, 6) is -0.256. The topological polar surface area (TPSA) is 67.5 Å². The summed E-state index contributed by atoms with van der Waals surface area (Å²) in [6.45, 7) is 6.12. The van der Waals surface area contributed by atoms with Gasteiger partial charge in [0.15, 0.2) is 0 Å². The number of anilines is 1. The van der Waals surface area contributed by atoms with Crippen LogP contribution in [-0.2, 0) is 0 Å². The summed E-state index contributed by atoms with van der Waals surface area (Å²) in [6, 6.07) is 10.9. The van der Waals surface area contributed by atoms with Crippen molar-refractivity contribution in [3.63, 3.8) is 0 Å². The Labute approximate surface area is 124 Å². The van der Waals surface area contributed by atoms with Gasteiger partial charge in [0.2, 0.25) is 0 Å². The van der Waals surface area contributed by atoms with Crippen LogP contribution in [0.2, 0.25) is 0 Å². The SMILES string of the molecule is Cc1cc(C)c(C=NNC(=O)c2ccc(N)cc2)c(C)c1. The first-order valence-electron chi connectivity index (χ1n) is 6.74. The Morgan fingerprint density at radius 1 is 1.10 bits per heavy atom. The van der Waals surface area contributed by atoms with E-state index in [2.05, 4.69) is 29.6 Å². The zero-order valence-electron chi connectivity index (χ0n) is 12.5. The Balaban J connectivity index is 2.09. The van der Waals surface area contributed by atoms with Crippen LogP contribution in [0.25, 0.3) is 0 Å². The summed E-state index contributed by atoms with van der Waals surface area (Å²) < 4.78 is 0. The maximum absolute atomic E-state index is 11.9. The molecule has 0 fully saturated rings. The summed E-state index contributed by atoms with van der Waals surface area (Å²) in [4.78, 5) is 11.9. The lowest BCUT2D eigenvalue weighted by molar-refractivity contribution is 0.0955. The number of benzene rings is 2. The van der Waals surface area contributed by atoms with Gasteiger partial charge in [-0.1, -0.05) is 17.7 Å².